The molecule has 2 aromatic rings. The first-order valence-corrected chi connectivity index (χ1v) is 15.1. The molecule has 0 unspecified atom stereocenters. The third-order valence-electron chi connectivity index (χ3n) is 8.55. The molecule has 2 heterocycles. The van der Waals surface area contributed by atoms with E-state index in [0.29, 0.717) is 12.1 Å². The molecule has 2 fully saturated rings. The van der Waals surface area contributed by atoms with E-state index in [1.807, 2.05) is 0 Å². The van der Waals surface area contributed by atoms with Crippen LogP contribution in [0.3, 0.4) is 0 Å². The summed E-state index contributed by atoms with van der Waals surface area (Å²) in [7, 11) is 0. The largest absolute Gasteiger partial charge is 0.369 e. The zero-order valence-corrected chi connectivity index (χ0v) is 23.2. The van der Waals surface area contributed by atoms with E-state index < -0.39 is 0 Å². The molecule has 0 spiro atoms. The molecule has 1 saturated heterocycles. The van der Waals surface area contributed by atoms with E-state index in [-0.39, 0.29) is 0 Å². The van der Waals surface area contributed by atoms with Gasteiger partial charge in [0.05, 0.1) is 18.4 Å². The van der Waals surface area contributed by atoms with E-state index in [1.165, 1.54) is 68.3 Å². The molecule has 2 atom stereocenters. The van der Waals surface area contributed by atoms with Crippen LogP contribution in [0, 0.1) is 5.92 Å². The maximum Gasteiger partial charge on any atom is 0.171 e. The van der Waals surface area contributed by atoms with Crippen LogP contribution >= 0.6 is 12.2 Å². The first kappa shape index (κ1) is 26.2. The first-order chi connectivity index (χ1) is 18.2. The first-order valence-electron chi connectivity index (χ1n) is 14.7. The standard InChI is InChI=1S/C32H44N4S/c37-32-35(21-10-9-17-29-24-33-31(34-29)19-18-26-13-7-8-14-26)25-30(23-28-15-5-2-6-16-28)36(32)22-20-27-11-3-1-4-12-27/h1-6,11-12,15-16,26,29-30H,7-10,13-14,17-25H2,(H,33,34)/t29-,30-/m0/s1. The Hall–Kier alpha value is -2.40. The Morgan fingerprint density at radius 2 is 1.57 bits per heavy atom. The highest BCUT2D eigenvalue weighted by Gasteiger charge is 2.33. The molecule has 37 heavy (non-hydrogen) atoms. The fourth-order valence-electron chi connectivity index (χ4n) is 6.38. The van der Waals surface area contributed by atoms with Gasteiger partial charge in [0.2, 0.25) is 0 Å². The van der Waals surface area contributed by atoms with E-state index in [0.717, 1.165) is 56.5 Å². The van der Waals surface area contributed by atoms with Gasteiger partial charge < -0.3 is 15.1 Å². The van der Waals surface area contributed by atoms with Crippen molar-refractivity contribution in [2.24, 2.45) is 10.9 Å². The van der Waals surface area contributed by atoms with Crippen molar-refractivity contribution in [1.29, 1.82) is 0 Å². The average molecular weight is 517 g/mol. The lowest BCUT2D eigenvalue weighted by Gasteiger charge is -2.26. The Labute approximate surface area is 229 Å². The van der Waals surface area contributed by atoms with E-state index in [9.17, 15) is 0 Å². The van der Waals surface area contributed by atoms with E-state index in [4.69, 9.17) is 17.2 Å². The summed E-state index contributed by atoms with van der Waals surface area (Å²) in [5.41, 5.74) is 2.79. The van der Waals surface area contributed by atoms with Crippen molar-refractivity contribution in [3.8, 4) is 0 Å². The SMILES string of the molecule is S=C1N(CCCC[C@H]2CN=C(CCC3CCCC3)N2)C[C@H](Cc2ccccc2)N1CCc1ccccc1. The highest BCUT2D eigenvalue weighted by Crippen LogP contribution is 2.29. The maximum atomic E-state index is 6.04. The minimum atomic E-state index is 0.450. The van der Waals surface area contributed by atoms with Gasteiger partial charge in [0.1, 0.15) is 0 Å². The fraction of sp³-hybridized carbons (Fsp3) is 0.562. The van der Waals surface area contributed by atoms with Crippen molar-refractivity contribution in [2.45, 2.75) is 82.7 Å². The molecular weight excluding hydrogens is 472 g/mol. The summed E-state index contributed by atoms with van der Waals surface area (Å²) in [6.45, 7) is 4.06. The lowest BCUT2D eigenvalue weighted by Crippen LogP contribution is -2.37. The summed E-state index contributed by atoms with van der Waals surface area (Å²) in [6, 6.07) is 22.7. The highest BCUT2D eigenvalue weighted by atomic mass is 32.1. The van der Waals surface area contributed by atoms with Crippen LogP contribution in [0.4, 0.5) is 0 Å². The number of nitrogens with zero attached hydrogens (tertiary/aromatic N) is 3. The fourth-order valence-corrected chi connectivity index (χ4v) is 6.79. The topological polar surface area (TPSA) is 30.9 Å². The van der Waals surface area contributed by atoms with Gasteiger partial charge in [-0.3, -0.25) is 4.99 Å². The van der Waals surface area contributed by atoms with Crippen LogP contribution in [0.2, 0.25) is 0 Å². The van der Waals surface area contributed by atoms with Crippen molar-refractivity contribution in [2.75, 3.05) is 26.2 Å². The van der Waals surface area contributed by atoms with Gasteiger partial charge >= 0.3 is 0 Å². The van der Waals surface area contributed by atoms with Crippen LogP contribution in [0.1, 0.15) is 68.9 Å². The molecule has 1 aliphatic carbocycles. The van der Waals surface area contributed by atoms with Crippen LogP contribution in [0.25, 0.3) is 0 Å². The summed E-state index contributed by atoms with van der Waals surface area (Å²) >= 11 is 6.04. The van der Waals surface area contributed by atoms with Crippen molar-refractivity contribution >= 4 is 23.2 Å². The van der Waals surface area contributed by atoms with Gasteiger partial charge in [-0.1, -0.05) is 86.3 Å². The van der Waals surface area contributed by atoms with Crippen LogP contribution in [-0.2, 0) is 12.8 Å². The number of rotatable bonds is 13. The zero-order chi connectivity index (χ0) is 25.3. The summed E-state index contributed by atoms with van der Waals surface area (Å²) < 4.78 is 0. The van der Waals surface area contributed by atoms with Gasteiger partial charge in [-0.15, -0.1) is 0 Å². The second kappa shape index (κ2) is 13.4. The minimum absolute atomic E-state index is 0.450. The highest BCUT2D eigenvalue weighted by molar-refractivity contribution is 7.80. The molecule has 1 saturated carbocycles. The van der Waals surface area contributed by atoms with Gasteiger partial charge in [-0.05, 0) is 67.8 Å². The summed E-state index contributed by atoms with van der Waals surface area (Å²) in [4.78, 5) is 9.79. The Bertz CT molecular complexity index is 1000. The predicted octanol–water partition coefficient (Wildman–Crippen LogP) is 6.25. The van der Waals surface area contributed by atoms with E-state index >= 15 is 0 Å². The monoisotopic (exact) mass is 516 g/mol. The number of amidine groups is 1. The van der Waals surface area contributed by atoms with Gasteiger partial charge in [0, 0.05) is 32.1 Å². The van der Waals surface area contributed by atoms with Gasteiger partial charge in [-0.25, -0.2) is 0 Å². The number of thiocarbonyl (C=S) groups is 1. The minimum Gasteiger partial charge on any atom is -0.369 e. The van der Waals surface area contributed by atoms with Crippen LogP contribution < -0.4 is 5.32 Å². The molecule has 4 nitrogen and oxygen atoms in total. The van der Waals surface area contributed by atoms with Crippen molar-refractivity contribution in [3.63, 3.8) is 0 Å². The molecule has 5 heteroatoms. The van der Waals surface area contributed by atoms with E-state index in [1.54, 1.807) is 0 Å². The third kappa shape index (κ3) is 7.56. The Morgan fingerprint density at radius 3 is 2.32 bits per heavy atom. The van der Waals surface area contributed by atoms with Crippen LogP contribution in [0.15, 0.2) is 65.7 Å². The smallest absolute Gasteiger partial charge is 0.171 e. The summed E-state index contributed by atoms with van der Waals surface area (Å²) in [5.74, 6) is 2.22. The number of unbranched alkanes of at least 4 members (excludes halogenated alkanes) is 1. The van der Waals surface area contributed by atoms with Crippen LogP contribution in [0.5, 0.6) is 0 Å². The third-order valence-corrected chi connectivity index (χ3v) is 9.05. The number of hydrogen-bond donors (Lipinski definition) is 1. The van der Waals surface area contributed by atoms with Gasteiger partial charge in [-0.2, -0.15) is 0 Å². The molecule has 3 aliphatic rings. The van der Waals surface area contributed by atoms with Crippen molar-refractivity contribution in [1.82, 2.24) is 15.1 Å². The lowest BCUT2D eigenvalue weighted by molar-refractivity contribution is 0.341. The molecular formula is C32H44N4S. The quantitative estimate of drug-likeness (QED) is 0.252. The van der Waals surface area contributed by atoms with Crippen molar-refractivity contribution < 1.29 is 0 Å². The van der Waals surface area contributed by atoms with E-state index in [2.05, 4.69) is 75.8 Å². The van der Waals surface area contributed by atoms with Crippen molar-refractivity contribution in [3.05, 3.63) is 71.8 Å². The molecule has 2 aromatic carbocycles. The molecule has 1 N–H and O–H groups in total. The number of hydrogen-bond acceptors (Lipinski definition) is 3. The molecule has 2 aliphatic heterocycles. The second-order valence-corrected chi connectivity index (χ2v) is 11.7. The predicted molar refractivity (Wildman–Crippen MR) is 159 cm³/mol. The molecule has 198 valence electrons. The van der Waals surface area contributed by atoms with Gasteiger partial charge in [0.25, 0.3) is 0 Å². The Morgan fingerprint density at radius 1 is 0.838 bits per heavy atom. The molecule has 0 bridgehead atoms. The maximum absolute atomic E-state index is 6.04. The summed E-state index contributed by atoms with van der Waals surface area (Å²) in [5, 5.41) is 4.78. The molecule has 0 radical (unpaired) electrons. The second-order valence-electron chi connectivity index (χ2n) is 11.3. The molecule has 0 aromatic heterocycles. The summed E-state index contributed by atoms with van der Waals surface area (Å²) in [6.07, 6.45) is 14.0. The molecule has 5 rings (SSSR count). The average Bonchev–Trinajstić information content (AvgIpc) is 3.67. The number of nitrogens with one attached hydrogen (secondary N) is 1. The van der Waals surface area contributed by atoms with Gasteiger partial charge in [0.15, 0.2) is 5.11 Å². The lowest BCUT2D eigenvalue weighted by atomic mass is 10.0. The molecule has 0 amide bonds. The zero-order valence-electron chi connectivity index (χ0n) is 22.4. The number of benzene rings is 2. The number of aliphatic imine (C=N–C) groups is 1. The van der Waals surface area contributed by atoms with Crippen LogP contribution in [-0.4, -0.2) is 59.0 Å². The Balaban J connectivity index is 1.06. The Kier molecular flexibility index (Phi) is 9.50. The normalized spacial score (nSPS) is 22.1.